The van der Waals surface area contributed by atoms with Crippen molar-refractivity contribution in [1.29, 1.82) is 0 Å². The number of aryl methyl sites for hydroxylation is 2. The number of nitrogens with two attached hydrogens (primary N) is 1. The van der Waals surface area contributed by atoms with Gasteiger partial charge in [-0.15, -0.1) is 0 Å². The van der Waals surface area contributed by atoms with Crippen molar-refractivity contribution in [2.75, 3.05) is 0 Å². The molecule has 3 nitrogen and oxygen atoms in total. The fraction of sp³-hybridized carbons (Fsp3) is 0.467. The number of thiocarbonyl (C=S) groups is 1. The summed E-state index contributed by atoms with van der Waals surface area (Å²) < 4.78 is 2.14. The van der Waals surface area contributed by atoms with Crippen LogP contribution in [0.1, 0.15) is 37.7 Å². The quantitative estimate of drug-likeness (QED) is 0.856. The van der Waals surface area contributed by atoms with E-state index in [1.54, 1.807) is 0 Å². The van der Waals surface area contributed by atoms with Crippen LogP contribution in [-0.2, 0) is 12.0 Å². The van der Waals surface area contributed by atoms with Crippen LogP contribution in [0.3, 0.4) is 0 Å². The van der Waals surface area contributed by atoms with Gasteiger partial charge in [0.25, 0.3) is 0 Å². The highest BCUT2D eigenvalue weighted by molar-refractivity contribution is 7.80. The molecule has 4 heteroatoms. The lowest BCUT2D eigenvalue weighted by atomic mass is 9.95. The molecule has 0 unspecified atom stereocenters. The third kappa shape index (κ3) is 2.63. The number of benzene rings is 1. The third-order valence-electron chi connectivity index (χ3n) is 3.35. The van der Waals surface area contributed by atoms with Crippen molar-refractivity contribution in [2.45, 2.75) is 46.6 Å². The Morgan fingerprint density at radius 3 is 2.37 bits per heavy atom. The van der Waals surface area contributed by atoms with E-state index in [2.05, 4.69) is 51.3 Å². The lowest BCUT2D eigenvalue weighted by Crippen LogP contribution is -2.24. The zero-order chi connectivity index (χ0) is 14.4. The lowest BCUT2D eigenvalue weighted by Gasteiger charge is -2.19. The molecule has 0 saturated carbocycles. The topological polar surface area (TPSA) is 43.8 Å². The van der Waals surface area contributed by atoms with Gasteiger partial charge in [0.1, 0.15) is 5.82 Å². The van der Waals surface area contributed by atoms with Crippen LogP contribution in [0.2, 0.25) is 0 Å². The molecule has 0 radical (unpaired) electrons. The Bertz CT molecular complexity index is 647. The van der Waals surface area contributed by atoms with Gasteiger partial charge in [-0.1, -0.05) is 33.0 Å². The Morgan fingerprint density at radius 2 is 1.84 bits per heavy atom. The average molecular weight is 275 g/mol. The van der Waals surface area contributed by atoms with Gasteiger partial charge < -0.3 is 10.3 Å². The monoisotopic (exact) mass is 275 g/mol. The van der Waals surface area contributed by atoms with E-state index in [-0.39, 0.29) is 5.41 Å². The second kappa shape index (κ2) is 4.60. The van der Waals surface area contributed by atoms with E-state index in [1.165, 1.54) is 11.1 Å². The molecule has 0 aliphatic heterocycles. The summed E-state index contributed by atoms with van der Waals surface area (Å²) in [6.07, 6.45) is 0. The number of aromatic nitrogens is 2. The number of hydrogen-bond acceptors (Lipinski definition) is 2. The highest BCUT2D eigenvalue weighted by Gasteiger charge is 2.23. The smallest absolute Gasteiger partial charge is 0.115 e. The maximum atomic E-state index is 5.74. The maximum Gasteiger partial charge on any atom is 0.115 e. The number of hydrogen-bond donors (Lipinski definition) is 1. The fourth-order valence-corrected chi connectivity index (χ4v) is 2.40. The molecule has 0 aliphatic carbocycles. The molecule has 0 amide bonds. The molecule has 1 aromatic heterocycles. The Morgan fingerprint density at radius 1 is 1.26 bits per heavy atom. The van der Waals surface area contributed by atoms with Crippen molar-refractivity contribution >= 4 is 28.2 Å². The molecule has 2 rings (SSSR count). The van der Waals surface area contributed by atoms with E-state index in [9.17, 15) is 0 Å². The predicted octanol–water partition coefficient (Wildman–Crippen LogP) is 3.24. The second-order valence-corrected chi connectivity index (χ2v) is 6.69. The van der Waals surface area contributed by atoms with Crippen LogP contribution in [-0.4, -0.2) is 14.5 Å². The lowest BCUT2D eigenvalue weighted by molar-refractivity contribution is 0.521. The zero-order valence-corrected chi connectivity index (χ0v) is 13.1. The first kappa shape index (κ1) is 14.0. The Balaban J connectivity index is 2.77. The van der Waals surface area contributed by atoms with Gasteiger partial charge in [-0.05, 0) is 37.1 Å². The molecule has 102 valence electrons. The number of imidazole rings is 1. The fourth-order valence-electron chi connectivity index (χ4n) is 2.27. The van der Waals surface area contributed by atoms with Gasteiger partial charge in [0.05, 0.1) is 22.6 Å². The van der Waals surface area contributed by atoms with Crippen LogP contribution >= 0.6 is 12.2 Å². The minimum Gasteiger partial charge on any atom is -0.392 e. The van der Waals surface area contributed by atoms with Crippen LogP contribution in [0.5, 0.6) is 0 Å². The predicted molar refractivity (Wildman–Crippen MR) is 84.7 cm³/mol. The van der Waals surface area contributed by atoms with Gasteiger partial charge in [-0.3, -0.25) is 0 Å². The van der Waals surface area contributed by atoms with E-state index >= 15 is 0 Å². The van der Waals surface area contributed by atoms with E-state index in [0.717, 1.165) is 16.9 Å². The van der Waals surface area contributed by atoms with Crippen molar-refractivity contribution in [1.82, 2.24) is 9.55 Å². The first-order chi connectivity index (χ1) is 8.70. The molecule has 1 aromatic carbocycles. The summed E-state index contributed by atoms with van der Waals surface area (Å²) in [5, 5.41) is 0. The van der Waals surface area contributed by atoms with Crippen LogP contribution < -0.4 is 5.73 Å². The molecular formula is C15H21N3S. The molecule has 1 heterocycles. The van der Waals surface area contributed by atoms with Gasteiger partial charge in [0, 0.05) is 5.41 Å². The van der Waals surface area contributed by atoms with Crippen molar-refractivity contribution in [3.63, 3.8) is 0 Å². The Labute approximate surface area is 119 Å². The van der Waals surface area contributed by atoms with E-state index in [1.807, 2.05) is 0 Å². The minimum absolute atomic E-state index is 0.0361. The molecule has 0 atom stereocenters. The van der Waals surface area contributed by atoms with Crippen LogP contribution in [0.4, 0.5) is 0 Å². The van der Waals surface area contributed by atoms with E-state index in [0.29, 0.717) is 11.5 Å². The summed E-state index contributed by atoms with van der Waals surface area (Å²) >= 11 is 5.08. The molecule has 0 aliphatic rings. The number of rotatable bonds is 2. The summed E-state index contributed by atoms with van der Waals surface area (Å²) in [6.45, 7) is 11.2. The zero-order valence-electron chi connectivity index (χ0n) is 12.2. The molecule has 2 aromatic rings. The van der Waals surface area contributed by atoms with Gasteiger partial charge >= 0.3 is 0 Å². The Kier molecular flexibility index (Phi) is 3.39. The SMILES string of the molecule is Cc1cc2nc(C(C)(C)C)n(CC(N)=S)c2cc1C. The van der Waals surface area contributed by atoms with E-state index < -0.39 is 0 Å². The summed E-state index contributed by atoms with van der Waals surface area (Å²) in [6, 6.07) is 4.31. The molecule has 0 bridgehead atoms. The molecule has 19 heavy (non-hydrogen) atoms. The molecule has 0 saturated heterocycles. The van der Waals surface area contributed by atoms with Gasteiger partial charge in [-0.25, -0.2) is 4.98 Å². The first-order valence-corrected chi connectivity index (χ1v) is 6.87. The van der Waals surface area contributed by atoms with Crippen molar-refractivity contribution in [3.05, 3.63) is 29.1 Å². The second-order valence-electron chi connectivity index (χ2n) is 6.16. The van der Waals surface area contributed by atoms with Crippen molar-refractivity contribution < 1.29 is 0 Å². The van der Waals surface area contributed by atoms with Gasteiger partial charge in [0.2, 0.25) is 0 Å². The maximum absolute atomic E-state index is 5.74. The summed E-state index contributed by atoms with van der Waals surface area (Å²) in [5.41, 5.74) is 10.3. The average Bonchev–Trinajstić information content (AvgIpc) is 2.57. The van der Waals surface area contributed by atoms with Crippen LogP contribution in [0, 0.1) is 13.8 Å². The van der Waals surface area contributed by atoms with Gasteiger partial charge in [-0.2, -0.15) is 0 Å². The normalized spacial score (nSPS) is 12.1. The number of nitrogens with zero attached hydrogens (tertiary/aromatic N) is 2. The van der Waals surface area contributed by atoms with Crippen molar-refractivity contribution in [3.8, 4) is 0 Å². The first-order valence-electron chi connectivity index (χ1n) is 6.46. The van der Waals surface area contributed by atoms with Crippen LogP contribution in [0.25, 0.3) is 11.0 Å². The summed E-state index contributed by atoms with van der Waals surface area (Å²) in [5.74, 6) is 1.03. The minimum atomic E-state index is -0.0361. The third-order valence-corrected chi connectivity index (χ3v) is 3.48. The molecule has 0 fully saturated rings. The summed E-state index contributed by atoms with van der Waals surface area (Å²) in [7, 11) is 0. The highest BCUT2D eigenvalue weighted by Crippen LogP contribution is 2.28. The Hall–Kier alpha value is -1.42. The van der Waals surface area contributed by atoms with Crippen LogP contribution in [0.15, 0.2) is 12.1 Å². The molecule has 2 N–H and O–H groups in total. The molecular weight excluding hydrogens is 254 g/mol. The number of fused-ring (bicyclic) bond motifs is 1. The van der Waals surface area contributed by atoms with Gasteiger partial charge in [0.15, 0.2) is 0 Å². The largest absolute Gasteiger partial charge is 0.392 e. The van der Waals surface area contributed by atoms with E-state index in [4.69, 9.17) is 22.9 Å². The molecule has 0 spiro atoms. The standard InChI is InChI=1S/C15H21N3S/c1-9-6-11-12(7-10(9)2)18(8-13(16)19)14(17-11)15(3,4)5/h6-7H,8H2,1-5H3,(H2,16,19). The van der Waals surface area contributed by atoms with Crippen molar-refractivity contribution in [2.24, 2.45) is 5.73 Å². The summed E-state index contributed by atoms with van der Waals surface area (Å²) in [4.78, 5) is 5.28. The highest BCUT2D eigenvalue weighted by atomic mass is 32.1.